The highest BCUT2D eigenvalue weighted by Crippen LogP contribution is 2.31. The maximum Gasteiger partial charge on any atom is 0.317 e. The minimum absolute atomic E-state index is 0.0875. The Morgan fingerprint density at radius 2 is 2.44 bits per heavy atom. The topological polar surface area (TPSA) is 32.3 Å². The number of urea groups is 1. The minimum Gasteiger partial charge on any atom is -0.331 e. The Morgan fingerprint density at radius 1 is 1.67 bits per heavy atom. The fourth-order valence-corrected chi connectivity index (χ4v) is 2.26. The number of carbonyl (C=O) groups excluding carboxylic acids is 1. The number of carbonyl (C=O) groups is 1. The lowest BCUT2D eigenvalue weighted by molar-refractivity contribution is 0.209. The Balaban J connectivity index is 2.07. The van der Waals surface area contributed by atoms with Gasteiger partial charge in [0.15, 0.2) is 0 Å². The first-order valence-electron chi connectivity index (χ1n) is 6.02. The zero-order chi connectivity index (χ0) is 13.1. The first-order chi connectivity index (χ1) is 8.61. The molecule has 2 rings (SSSR count). The quantitative estimate of drug-likeness (QED) is 0.819. The lowest BCUT2D eigenvalue weighted by atomic mass is 10.1. The van der Waals surface area contributed by atoms with Crippen LogP contribution >= 0.6 is 0 Å². The molecule has 3 nitrogen and oxygen atoms in total. The third-order valence-electron chi connectivity index (χ3n) is 3.23. The van der Waals surface area contributed by atoms with Gasteiger partial charge < -0.3 is 10.2 Å². The second-order valence-corrected chi connectivity index (χ2v) is 4.55. The number of likely N-dealkylation sites (N-methyl/N-ethyl adjacent to an activating group) is 1. The van der Waals surface area contributed by atoms with E-state index in [0.29, 0.717) is 6.54 Å². The molecule has 2 amide bonds. The average molecular weight is 248 g/mol. The van der Waals surface area contributed by atoms with Crippen LogP contribution in [0.5, 0.6) is 0 Å². The standard InChI is InChI=1S/C14H17FN2O/c1-3-8-17(2)14(18)16-13-7-5-10-4-6-11(15)9-12(10)13/h3-4,6,9,13H,1,5,7-8H2,2H3,(H,16,18). The van der Waals surface area contributed by atoms with Gasteiger partial charge in [-0.25, -0.2) is 9.18 Å². The first kappa shape index (κ1) is 12.6. The van der Waals surface area contributed by atoms with E-state index in [1.807, 2.05) is 0 Å². The van der Waals surface area contributed by atoms with E-state index in [1.54, 1.807) is 24.1 Å². The van der Waals surface area contributed by atoms with Gasteiger partial charge in [-0.3, -0.25) is 0 Å². The third-order valence-corrected chi connectivity index (χ3v) is 3.23. The summed E-state index contributed by atoms with van der Waals surface area (Å²) in [6.07, 6.45) is 3.38. The van der Waals surface area contributed by atoms with E-state index in [1.165, 1.54) is 12.1 Å². The van der Waals surface area contributed by atoms with Crippen molar-refractivity contribution in [2.45, 2.75) is 18.9 Å². The van der Waals surface area contributed by atoms with E-state index in [0.717, 1.165) is 24.0 Å². The van der Waals surface area contributed by atoms with E-state index >= 15 is 0 Å². The van der Waals surface area contributed by atoms with Crippen LogP contribution in [-0.2, 0) is 6.42 Å². The van der Waals surface area contributed by atoms with Gasteiger partial charge in [0, 0.05) is 13.6 Å². The maximum absolute atomic E-state index is 13.2. The van der Waals surface area contributed by atoms with Crippen molar-refractivity contribution in [3.05, 3.63) is 47.8 Å². The van der Waals surface area contributed by atoms with Gasteiger partial charge in [-0.05, 0) is 36.1 Å². The van der Waals surface area contributed by atoms with Crippen LogP contribution in [-0.4, -0.2) is 24.5 Å². The normalized spacial score (nSPS) is 17.1. The summed E-state index contributed by atoms with van der Waals surface area (Å²) in [5.41, 5.74) is 2.02. The van der Waals surface area contributed by atoms with Crippen LogP contribution in [0.4, 0.5) is 9.18 Å². The molecule has 0 aliphatic heterocycles. The molecule has 1 atom stereocenters. The summed E-state index contributed by atoms with van der Waals surface area (Å²) in [6, 6.07) is 4.53. The fraction of sp³-hybridized carbons (Fsp3) is 0.357. The van der Waals surface area contributed by atoms with Crippen molar-refractivity contribution in [2.75, 3.05) is 13.6 Å². The van der Waals surface area contributed by atoms with Crippen molar-refractivity contribution in [3.8, 4) is 0 Å². The number of halogens is 1. The Kier molecular flexibility index (Phi) is 3.65. The van der Waals surface area contributed by atoms with Crippen molar-refractivity contribution in [3.63, 3.8) is 0 Å². The predicted octanol–water partition coefficient (Wildman–Crippen LogP) is 2.64. The van der Waals surface area contributed by atoms with Crippen LogP contribution < -0.4 is 5.32 Å². The molecule has 0 spiro atoms. The van der Waals surface area contributed by atoms with Crippen LogP contribution in [0, 0.1) is 5.82 Å². The van der Waals surface area contributed by atoms with E-state index in [9.17, 15) is 9.18 Å². The smallest absolute Gasteiger partial charge is 0.317 e. The summed E-state index contributed by atoms with van der Waals surface area (Å²) in [4.78, 5) is 13.4. The zero-order valence-corrected chi connectivity index (χ0v) is 10.4. The van der Waals surface area contributed by atoms with Crippen molar-refractivity contribution in [1.29, 1.82) is 0 Å². The molecule has 0 saturated carbocycles. The number of fused-ring (bicyclic) bond motifs is 1. The van der Waals surface area contributed by atoms with Gasteiger partial charge in [0.1, 0.15) is 5.82 Å². The predicted molar refractivity (Wildman–Crippen MR) is 68.8 cm³/mol. The Labute approximate surface area is 106 Å². The summed E-state index contributed by atoms with van der Waals surface area (Å²) in [6.45, 7) is 4.09. The molecule has 0 heterocycles. The number of hydrogen-bond donors (Lipinski definition) is 1. The number of benzene rings is 1. The van der Waals surface area contributed by atoms with Gasteiger partial charge in [-0.2, -0.15) is 0 Å². The molecule has 1 unspecified atom stereocenters. The summed E-state index contributed by atoms with van der Waals surface area (Å²) < 4.78 is 13.2. The van der Waals surface area contributed by atoms with Crippen LogP contribution in [0.25, 0.3) is 0 Å². The van der Waals surface area contributed by atoms with E-state index in [-0.39, 0.29) is 17.9 Å². The third kappa shape index (κ3) is 2.53. The zero-order valence-electron chi connectivity index (χ0n) is 10.4. The molecule has 0 radical (unpaired) electrons. The van der Waals surface area contributed by atoms with E-state index < -0.39 is 0 Å². The van der Waals surface area contributed by atoms with Crippen LogP contribution in [0.3, 0.4) is 0 Å². The summed E-state index contributed by atoms with van der Waals surface area (Å²) >= 11 is 0. The molecular formula is C14H17FN2O. The van der Waals surface area contributed by atoms with Crippen molar-refractivity contribution >= 4 is 6.03 Å². The highest BCUT2D eigenvalue weighted by molar-refractivity contribution is 5.74. The fourth-order valence-electron chi connectivity index (χ4n) is 2.26. The first-order valence-corrected chi connectivity index (χ1v) is 6.02. The lowest BCUT2D eigenvalue weighted by Crippen LogP contribution is -2.38. The second kappa shape index (κ2) is 5.21. The number of aryl methyl sites for hydroxylation is 1. The van der Waals surface area contributed by atoms with Gasteiger partial charge in [-0.15, -0.1) is 6.58 Å². The molecule has 0 fully saturated rings. The second-order valence-electron chi connectivity index (χ2n) is 4.55. The van der Waals surface area contributed by atoms with Crippen molar-refractivity contribution < 1.29 is 9.18 Å². The Hall–Kier alpha value is -1.84. The molecule has 18 heavy (non-hydrogen) atoms. The molecule has 4 heteroatoms. The monoisotopic (exact) mass is 248 g/mol. The molecule has 1 aliphatic rings. The number of hydrogen-bond acceptors (Lipinski definition) is 1. The molecular weight excluding hydrogens is 231 g/mol. The molecule has 96 valence electrons. The lowest BCUT2D eigenvalue weighted by Gasteiger charge is -2.20. The van der Waals surface area contributed by atoms with Gasteiger partial charge >= 0.3 is 6.03 Å². The van der Waals surface area contributed by atoms with Crippen molar-refractivity contribution in [1.82, 2.24) is 10.2 Å². The van der Waals surface area contributed by atoms with Crippen LogP contribution in [0.2, 0.25) is 0 Å². The largest absolute Gasteiger partial charge is 0.331 e. The Morgan fingerprint density at radius 3 is 3.17 bits per heavy atom. The van der Waals surface area contributed by atoms with E-state index in [4.69, 9.17) is 0 Å². The van der Waals surface area contributed by atoms with Crippen LogP contribution in [0.15, 0.2) is 30.9 Å². The minimum atomic E-state index is -0.255. The van der Waals surface area contributed by atoms with Gasteiger partial charge in [0.2, 0.25) is 0 Å². The SMILES string of the molecule is C=CCN(C)C(=O)NC1CCc2ccc(F)cc21. The number of amides is 2. The van der Waals surface area contributed by atoms with E-state index in [2.05, 4.69) is 11.9 Å². The van der Waals surface area contributed by atoms with Gasteiger partial charge in [0.25, 0.3) is 0 Å². The maximum atomic E-state index is 13.2. The molecule has 1 aromatic carbocycles. The Bertz CT molecular complexity index is 473. The van der Waals surface area contributed by atoms with Gasteiger partial charge in [-0.1, -0.05) is 12.1 Å². The van der Waals surface area contributed by atoms with Crippen LogP contribution in [0.1, 0.15) is 23.6 Å². The highest BCUT2D eigenvalue weighted by atomic mass is 19.1. The average Bonchev–Trinajstić information content (AvgIpc) is 2.72. The molecule has 1 aromatic rings. The molecule has 0 aromatic heterocycles. The summed E-state index contributed by atoms with van der Waals surface area (Å²) in [5, 5.41) is 2.92. The number of nitrogens with zero attached hydrogens (tertiary/aromatic N) is 1. The number of rotatable bonds is 3. The molecule has 0 bridgehead atoms. The summed E-state index contributed by atoms with van der Waals surface area (Å²) in [5.74, 6) is -0.255. The molecule has 1 aliphatic carbocycles. The van der Waals surface area contributed by atoms with Crippen molar-refractivity contribution in [2.24, 2.45) is 0 Å². The highest BCUT2D eigenvalue weighted by Gasteiger charge is 2.25. The summed E-state index contributed by atoms with van der Waals surface area (Å²) in [7, 11) is 1.71. The number of nitrogens with one attached hydrogen (secondary N) is 1. The van der Waals surface area contributed by atoms with Gasteiger partial charge in [0.05, 0.1) is 6.04 Å². The molecule has 0 saturated heterocycles. The molecule has 1 N–H and O–H groups in total.